The molecule has 27 heavy (non-hydrogen) atoms. The van der Waals surface area contributed by atoms with Gasteiger partial charge in [-0.05, 0) is 62.2 Å². The Morgan fingerprint density at radius 2 is 1.81 bits per heavy atom. The van der Waals surface area contributed by atoms with E-state index in [1.165, 1.54) is 5.56 Å². The molecule has 2 aromatic heterocycles. The van der Waals surface area contributed by atoms with Crippen LogP contribution in [0.1, 0.15) is 19.4 Å². The molecular formula is C20H24N6O. The maximum atomic E-state index is 5.66. The maximum absolute atomic E-state index is 5.66. The molecule has 0 bridgehead atoms. The first-order chi connectivity index (χ1) is 13.1. The summed E-state index contributed by atoms with van der Waals surface area (Å²) >= 11 is 0. The summed E-state index contributed by atoms with van der Waals surface area (Å²) in [6.07, 6.45) is 6.25. The van der Waals surface area contributed by atoms with E-state index in [0.29, 0.717) is 11.8 Å². The van der Waals surface area contributed by atoms with Gasteiger partial charge < -0.3 is 15.0 Å². The standard InChI is InChI=1S/C20H24N6O/c1-15(2)27-18-6-4-17(5-7-18)23-19-14-22-25-20(24-19)26(3)13-10-16-8-11-21-12-9-16/h4-9,11-12,14-15H,10,13H2,1-3H3,(H,23,24,25). The predicted octanol–water partition coefficient (Wildman–Crippen LogP) is 3.48. The molecule has 0 atom stereocenters. The number of nitrogens with one attached hydrogen (secondary N) is 1. The van der Waals surface area contributed by atoms with E-state index in [1.54, 1.807) is 18.6 Å². The van der Waals surface area contributed by atoms with E-state index in [4.69, 9.17) is 4.74 Å². The van der Waals surface area contributed by atoms with Crippen LogP contribution in [0.4, 0.5) is 17.5 Å². The molecule has 0 aliphatic heterocycles. The van der Waals surface area contributed by atoms with E-state index < -0.39 is 0 Å². The molecule has 1 N–H and O–H groups in total. The molecule has 0 saturated heterocycles. The van der Waals surface area contributed by atoms with E-state index in [0.717, 1.165) is 24.4 Å². The van der Waals surface area contributed by atoms with Gasteiger partial charge in [0.15, 0.2) is 5.82 Å². The fourth-order valence-corrected chi connectivity index (χ4v) is 2.50. The normalized spacial score (nSPS) is 10.7. The van der Waals surface area contributed by atoms with Crippen LogP contribution in [0.2, 0.25) is 0 Å². The van der Waals surface area contributed by atoms with Gasteiger partial charge in [-0.1, -0.05) is 0 Å². The number of hydrogen-bond acceptors (Lipinski definition) is 7. The Labute approximate surface area is 159 Å². The lowest BCUT2D eigenvalue weighted by atomic mass is 10.2. The van der Waals surface area contributed by atoms with Crippen molar-refractivity contribution in [2.24, 2.45) is 0 Å². The number of likely N-dealkylation sites (N-methyl/N-ethyl adjacent to an activating group) is 1. The number of benzene rings is 1. The van der Waals surface area contributed by atoms with Crippen molar-refractivity contribution in [3.8, 4) is 5.75 Å². The summed E-state index contributed by atoms with van der Waals surface area (Å²) in [5.74, 6) is 2.06. The summed E-state index contributed by atoms with van der Waals surface area (Å²) < 4.78 is 5.66. The molecule has 0 radical (unpaired) electrons. The molecule has 2 heterocycles. The zero-order valence-electron chi connectivity index (χ0n) is 15.8. The number of pyridine rings is 1. The summed E-state index contributed by atoms with van der Waals surface area (Å²) in [6.45, 7) is 4.80. The molecule has 3 rings (SSSR count). The molecule has 7 nitrogen and oxygen atoms in total. The molecule has 3 aromatic rings. The fraction of sp³-hybridized carbons (Fsp3) is 0.300. The number of ether oxygens (including phenoxy) is 1. The van der Waals surface area contributed by atoms with E-state index >= 15 is 0 Å². The third-order valence-electron chi connectivity index (χ3n) is 3.87. The average molecular weight is 364 g/mol. The van der Waals surface area contributed by atoms with Crippen molar-refractivity contribution >= 4 is 17.5 Å². The molecular weight excluding hydrogens is 340 g/mol. The summed E-state index contributed by atoms with van der Waals surface area (Å²) in [6, 6.07) is 11.8. The Morgan fingerprint density at radius 3 is 2.52 bits per heavy atom. The Balaban J connectivity index is 1.61. The van der Waals surface area contributed by atoms with Gasteiger partial charge in [0.25, 0.3) is 0 Å². The second-order valence-corrected chi connectivity index (χ2v) is 6.48. The van der Waals surface area contributed by atoms with Crippen molar-refractivity contribution in [2.45, 2.75) is 26.4 Å². The first kappa shape index (κ1) is 18.6. The fourth-order valence-electron chi connectivity index (χ4n) is 2.50. The quantitative estimate of drug-likeness (QED) is 0.656. The van der Waals surface area contributed by atoms with Gasteiger partial charge in [-0.25, -0.2) is 0 Å². The van der Waals surface area contributed by atoms with Crippen molar-refractivity contribution in [2.75, 3.05) is 23.8 Å². The second kappa shape index (κ2) is 8.93. The minimum Gasteiger partial charge on any atom is -0.491 e. The van der Waals surface area contributed by atoms with Gasteiger partial charge >= 0.3 is 0 Å². The second-order valence-electron chi connectivity index (χ2n) is 6.48. The molecule has 0 aliphatic carbocycles. The lowest BCUT2D eigenvalue weighted by molar-refractivity contribution is 0.242. The topological polar surface area (TPSA) is 76.1 Å². The van der Waals surface area contributed by atoms with Crippen LogP contribution in [0.25, 0.3) is 0 Å². The molecule has 7 heteroatoms. The van der Waals surface area contributed by atoms with Gasteiger partial charge in [-0.2, -0.15) is 10.1 Å². The average Bonchev–Trinajstić information content (AvgIpc) is 2.68. The number of anilines is 3. The number of nitrogens with zero attached hydrogens (tertiary/aromatic N) is 5. The van der Waals surface area contributed by atoms with Crippen LogP contribution in [-0.2, 0) is 6.42 Å². The molecule has 140 valence electrons. The SMILES string of the molecule is CC(C)Oc1ccc(Nc2cnnc(N(C)CCc3ccncc3)n2)cc1. The zero-order valence-corrected chi connectivity index (χ0v) is 15.8. The van der Waals surface area contributed by atoms with Crippen molar-refractivity contribution in [1.82, 2.24) is 20.2 Å². The van der Waals surface area contributed by atoms with E-state index in [1.807, 2.05) is 62.2 Å². The van der Waals surface area contributed by atoms with Gasteiger partial charge in [0.2, 0.25) is 5.95 Å². The predicted molar refractivity (Wildman–Crippen MR) is 107 cm³/mol. The highest BCUT2D eigenvalue weighted by Crippen LogP contribution is 2.20. The lowest BCUT2D eigenvalue weighted by Crippen LogP contribution is -2.23. The monoisotopic (exact) mass is 364 g/mol. The summed E-state index contributed by atoms with van der Waals surface area (Å²) in [7, 11) is 1.96. The smallest absolute Gasteiger partial charge is 0.247 e. The minimum atomic E-state index is 0.153. The molecule has 0 spiro atoms. The van der Waals surface area contributed by atoms with Crippen molar-refractivity contribution in [3.63, 3.8) is 0 Å². The Bertz CT molecular complexity index is 839. The van der Waals surface area contributed by atoms with Crippen molar-refractivity contribution in [1.29, 1.82) is 0 Å². The van der Waals surface area contributed by atoms with Gasteiger partial charge in [0, 0.05) is 31.7 Å². The number of rotatable bonds is 8. The van der Waals surface area contributed by atoms with E-state index in [2.05, 4.69) is 25.5 Å². The van der Waals surface area contributed by atoms with Crippen LogP contribution in [0.3, 0.4) is 0 Å². The first-order valence-corrected chi connectivity index (χ1v) is 8.93. The highest BCUT2D eigenvalue weighted by Gasteiger charge is 2.07. The minimum absolute atomic E-state index is 0.153. The summed E-state index contributed by atoms with van der Waals surface area (Å²) in [5, 5.41) is 11.4. The van der Waals surface area contributed by atoms with Crippen LogP contribution in [0.15, 0.2) is 55.0 Å². The van der Waals surface area contributed by atoms with Crippen LogP contribution >= 0.6 is 0 Å². The molecule has 0 amide bonds. The molecule has 1 aromatic carbocycles. The van der Waals surface area contributed by atoms with Crippen LogP contribution < -0.4 is 15.0 Å². The Kier molecular flexibility index (Phi) is 6.14. The van der Waals surface area contributed by atoms with Gasteiger partial charge in [0.1, 0.15) is 5.75 Å². The summed E-state index contributed by atoms with van der Waals surface area (Å²) in [5.41, 5.74) is 2.14. The van der Waals surface area contributed by atoms with E-state index in [-0.39, 0.29) is 6.10 Å². The van der Waals surface area contributed by atoms with E-state index in [9.17, 15) is 0 Å². The highest BCUT2D eigenvalue weighted by molar-refractivity contribution is 5.57. The molecule has 0 aliphatic rings. The first-order valence-electron chi connectivity index (χ1n) is 8.93. The molecule has 0 fully saturated rings. The number of hydrogen-bond donors (Lipinski definition) is 1. The Hall–Kier alpha value is -3.22. The Morgan fingerprint density at radius 1 is 1.07 bits per heavy atom. The largest absolute Gasteiger partial charge is 0.491 e. The van der Waals surface area contributed by atoms with Crippen molar-refractivity contribution < 1.29 is 4.74 Å². The molecule has 0 saturated carbocycles. The van der Waals surface area contributed by atoms with Gasteiger partial charge in [0.05, 0.1) is 12.3 Å². The summed E-state index contributed by atoms with van der Waals surface area (Å²) in [4.78, 5) is 10.6. The van der Waals surface area contributed by atoms with Crippen LogP contribution in [0.5, 0.6) is 5.75 Å². The van der Waals surface area contributed by atoms with Crippen LogP contribution in [0, 0.1) is 0 Å². The maximum Gasteiger partial charge on any atom is 0.247 e. The van der Waals surface area contributed by atoms with Gasteiger partial charge in [-0.15, -0.1) is 5.10 Å². The molecule has 0 unspecified atom stereocenters. The highest BCUT2D eigenvalue weighted by atomic mass is 16.5. The third-order valence-corrected chi connectivity index (χ3v) is 3.87. The van der Waals surface area contributed by atoms with Gasteiger partial charge in [-0.3, -0.25) is 4.98 Å². The third kappa shape index (κ3) is 5.64. The van der Waals surface area contributed by atoms with Crippen molar-refractivity contribution in [3.05, 3.63) is 60.6 Å². The lowest BCUT2D eigenvalue weighted by Gasteiger charge is -2.17. The number of aromatic nitrogens is 4. The zero-order chi connectivity index (χ0) is 19.1. The van der Waals surface area contributed by atoms with Crippen LogP contribution in [-0.4, -0.2) is 39.9 Å².